The maximum Gasteiger partial charge on any atom is 0.335 e. The summed E-state index contributed by atoms with van der Waals surface area (Å²) in [7, 11) is 0. The van der Waals surface area contributed by atoms with Gasteiger partial charge < -0.3 is 15.3 Å². The summed E-state index contributed by atoms with van der Waals surface area (Å²) in [6.07, 6.45) is -2.18. The summed E-state index contributed by atoms with van der Waals surface area (Å²) < 4.78 is 0.391. The lowest BCUT2D eigenvalue weighted by molar-refractivity contribution is 0.0146. The first-order valence-electron chi connectivity index (χ1n) is 5.37. The Labute approximate surface area is 117 Å². The van der Waals surface area contributed by atoms with Crippen molar-refractivity contribution >= 4 is 21.9 Å². The molecule has 19 heavy (non-hydrogen) atoms. The number of halogens is 1. The van der Waals surface area contributed by atoms with Gasteiger partial charge in [-0.3, -0.25) is 0 Å². The maximum absolute atomic E-state index is 10.8. The first-order chi connectivity index (χ1) is 8.97. The highest BCUT2D eigenvalue weighted by atomic mass is 79.9. The molecule has 102 valence electrons. The Morgan fingerprint density at radius 3 is 2.68 bits per heavy atom. The fourth-order valence-electron chi connectivity index (χ4n) is 1.50. The lowest BCUT2D eigenvalue weighted by Crippen LogP contribution is -2.19. The standard InChI is InChI=1S/C11H12BrN3O4/c12-8-5-6(11(18)19)1-2-7(8)10(17)9(16)3-4-14-15-13/h1-2,5,9-10,16-17H,3-4H2,(H,18,19). The Hall–Kier alpha value is -1.60. The predicted octanol–water partition coefficient (Wildman–Crippen LogP) is 2.24. The number of aliphatic hydroxyl groups is 2. The Morgan fingerprint density at radius 1 is 1.47 bits per heavy atom. The Morgan fingerprint density at radius 2 is 2.16 bits per heavy atom. The lowest BCUT2D eigenvalue weighted by Gasteiger charge is -2.18. The van der Waals surface area contributed by atoms with Crippen molar-refractivity contribution in [2.45, 2.75) is 18.6 Å². The Balaban J connectivity index is 2.84. The molecular weight excluding hydrogens is 318 g/mol. The molecule has 0 amide bonds. The van der Waals surface area contributed by atoms with Crippen molar-refractivity contribution in [2.24, 2.45) is 5.11 Å². The molecule has 0 spiro atoms. The van der Waals surface area contributed by atoms with E-state index in [0.717, 1.165) is 0 Å². The van der Waals surface area contributed by atoms with Gasteiger partial charge in [0.05, 0.1) is 11.7 Å². The first-order valence-corrected chi connectivity index (χ1v) is 6.16. The summed E-state index contributed by atoms with van der Waals surface area (Å²) in [5, 5.41) is 31.7. The second-order valence-electron chi connectivity index (χ2n) is 3.80. The number of carboxylic acid groups (broad SMARTS) is 1. The highest BCUT2D eigenvalue weighted by Crippen LogP contribution is 2.28. The number of hydrogen-bond donors (Lipinski definition) is 3. The van der Waals surface area contributed by atoms with E-state index in [4.69, 9.17) is 10.6 Å². The van der Waals surface area contributed by atoms with Crippen molar-refractivity contribution in [1.82, 2.24) is 0 Å². The van der Waals surface area contributed by atoms with Gasteiger partial charge in [0.15, 0.2) is 0 Å². The van der Waals surface area contributed by atoms with Crippen LogP contribution in [0.5, 0.6) is 0 Å². The number of rotatable bonds is 6. The summed E-state index contributed by atoms with van der Waals surface area (Å²) in [6, 6.07) is 4.11. The van der Waals surface area contributed by atoms with Crippen LogP contribution in [0.25, 0.3) is 10.4 Å². The van der Waals surface area contributed by atoms with Gasteiger partial charge in [-0.15, -0.1) is 0 Å². The molecule has 0 heterocycles. The fourth-order valence-corrected chi connectivity index (χ4v) is 2.11. The molecule has 0 fully saturated rings. The van der Waals surface area contributed by atoms with E-state index in [1.807, 2.05) is 0 Å². The molecule has 0 saturated carbocycles. The van der Waals surface area contributed by atoms with Gasteiger partial charge in [-0.1, -0.05) is 27.1 Å². The van der Waals surface area contributed by atoms with Crippen LogP contribution in [0.4, 0.5) is 0 Å². The third-order valence-electron chi connectivity index (χ3n) is 2.52. The van der Waals surface area contributed by atoms with E-state index in [-0.39, 0.29) is 18.5 Å². The number of aliphatic hydroxyl groups excluding tert-OH is 2. The SMILES string of the molecule is [N-]=[N+]=NCCC(O)C(O)c1ccc(C(=O)O)cc1Br. The van der Waals surface area contributed by atoms with E-state index in [0.29, 0.717) is 10.0 Å². The average Bonchev–Trinajstić information content (AvgIpc) is 2.37. The molecule has 0 aliphatic rings. The van der Waals surface area contributed by atoms with Gasteiger partial charge in [-0.05, 0) is 29.6 Å². The second kappa shape index (κ2) is 7.10. The molecule has 8 heteroatoms. The monoisotopic (exact) mass is 329 g/mol. The zero-order chi connectivity index (χ0) is 14.4. The minimum absolute atomic E-state index is 0.0690. The highest BCUT2D eigenvalue weighted by molar-refractivity contribution is 9.10. The molecule has 7 nitrogen and oxygen atoms in total. The van der Waals surface area contributed by atoms with Crippen molar-refractivity contribution < 1.29 is 20.1 Å². The second-order valence-corrected chi connectivity index (χ2v) is 4.65. The number of carbonyl (C=O) groups is 1. The van der Waals surface area contributed by atoms with Crippen LogP contribution in [0, 0.1) is 0 Å². The molecule has 2 unspecified atom stereocenters. The van der Waals surface area contributed by atoms with Crippen molar-refractivity contribution in [2.75, 3.05) is 6.54 Å². The van der Waals surface area contributed by atoms with Crippen LogP contribution in [0.15, 0.2) is 27.8 Å². The molecule has 0 aliphatic heterocycles. The predicted molar refractivity (Wildman–Crippen MR) is 70.7 cm³/mol. The van der Waals surface area contributed by atoms with E-state index in [2.05, 4.69) is 26.0 Å². The van der Waals surface area contributed by atoms with E-state index < -0.39 is 18.2 Å². The van der Waals surface area contributed by atoms with Gasteiger partial charge in [0, 0.05) is 15.9 Å². The van der Waals surface area contributed by atoms with E-state index >= 15 is 0 Å². The van der Waals surface area contributed by atoms with Crippen molar-refractivity contribution in [3.63, 3.8) is 0 Å². The van der Waals surface area contributed by atoms with Gasteiger partial charge in [-0.2, -0.15) is 0 Å². The van der Waals surface area contributed by atoms with E-state index in [1.54, 1.807) is 0 Å². The van der Waals surface area contributed by atoms with Gasteiger partial charge >= 0.3 is 5.97 Å². The largest absolute Gasteiger partial charge is 0.478 e. The molecule has 0 saturated heterocycles. The molecule has 2 atom stereocenters. The summed E-state index contributed by atoms with van der Waals surface area (Å²) in [4.78, 5) is 13.3. The molecule has 0 bridgehead atoms. The van der Waals surface area contributed by atoms with Crippen LogP contribution >= 0.6 is 15.9 Å². The number of hydrogen-bond acceptors (Lipinski definition) is 4. The van der Waals surface area contributed by atoms with Crippen molar-refractivity contribution in [3.05, 3.63) is 44.2 Å². The van der Waals surface area contributed by atoms with Crippen molar-refractivity contribution in [3.8, 4) is 0 Å². The van der Waals surface area contributed by atoms with Crippen LogP contribution in [0.2, 0.25) is 0 Å². The minimum Gasteiger partial charge on any atom is -0.478 e. The summed E-state index contributed by atoms with van der Waals surface area (Å²) in [5.41, 5.74) is 8.56. The van der Waals surface area contributed by atoms with Crippen LogP contribution < -0.4 is 0 Å². The maximum atomic E-state index is 10.8. The number of nitrogens with zero attached hydrogens (tertiary/aromatic N) is 3. The third kappa shape index (κ3) is 4.22. The highest BCUT2D eigenvalue weighted by Gasteiger charge is 2.20. The number of benzene rings is 1. The summed E-state index contributed by atoms with van der Waals surface area (Å²) in [5.74, 6) is -1.08. The lowest BCUT2D eigenvalue weighted by atomic mass is 10.0. The molecule has 0 aliphatic carbocycles. The van der Waals surface area contributed by atoms with Gasteiger partial charge in [0.2, 0.25) is 0 Å². The summed E-state index contributed by atoms with van der Waals surface area (Å²) in [6.45, 7) is 0.0690. The molecule has 1 aromatic rings. The van der Waals surface area contributed by atoms with Crippen LogP contribution in [-0.2, 0) is 0 Å². The molecular formula is C11H12BrN3O4. The Bertz CT molecular complexity index is 517. The zero-order valence-corrected chi connectivity index (χ0v) is 11.4. The normalized spacial score (nSPS) is 13.4. The van der Waals surface area contributed by atoms with Crippen LogP contribution in [0.1, 0.15) is 28.4 Å². The smallest absolute Gasteiger partial charge is 0.335 e. The molecule has 3 N–H and O–H groups in total. The minimum atomic E-state index is -1.19. The van der Waals surface area contributed by atoms with Crippen molar-refractivity contribution in [1.29, 1.82) is 0 Å². The van der Waals surface area contributed by atoms with Gasteiger partial charge in [-0.25, -0.2) is 4.79 Å². The average molecular weight is 330 g/mol. The fraction of sp³-hybridized carbons (Fsp3) is 0.364. The molecule has 1 rings (SSSR count). The quantitative estimate of drug-likeness (QED) is 0.420. The van der Waals surface area contributed by atoms with E-state index in [9.17, 15) is 15.0 Å². The van der Waals surface area contributed by atoms with Crippen LogP contribution in [0.3, 0.4) is 0 Å². The Kier molecular flexibility index (Phi) is 5.78. The number of carboxylic acids is 1. The number of azide groups is 1. The van der Waals surface area contributed by atoms with Gasteiger partial charge in [0.25, 0.3) is 0 Å². The topological polar surface area (TPSA) is 127 Å². The zero-order valence-electron chi connectivity index (χ0n) is 9.77. The molecule has 0 aromatic heterocycles. The molecule has 0 radical (unpaired) electrons. The summed E-state index contributed by atoms with van der Waals surface area (Å²) >= 11 is 3.15. The first kappa shape index (κ1) is 15.5. The van der Waals surface area contributed by atoms with E-state index in [1.165, 1.54) is 18.2 Å². The number of aromatic carboxylic acids is 1. The molecule has 1 aromatic carbocycles. The van der Waals surface area contributed by atoms with Crippen LogP contribution in [-0.4, -0.2) is 33.9 Å². The third-order valence-corrected chi connectivity index (χ3v) is 3.21. The van der Waals surface area contributed by atoms with Gasteiger partial charge in [0.1, 0.15) is 6.10 Å².